The molecule has 1 aromatic heterocycles. The van der Waals surface area contributed by atoms with E-state index in [0.29, 0.717) is 17.1 Å². The second-order valence-electron chi connectivity index (χ2n) is 5.66. The van der Waals surface area contributed by atoms with Crippen LogP contribution in [0.1, 0.15) is 5.76 Å². The Labute approximate surface area is 170 Å². The van der Waals surface area contributed by atoms with E-state index in [9.17, 15) is 12.8 Å². The van der Waals surface area contributed by atoms with Crippen molar-refractivity contribution in [3.63, 3.8) is 0 Å². The topological polar surface area (TPSA) is 96.3 Å². The molecule has 0 atom stereocenters. The van der Waals surface area contributed by atoms with Crippen molar-refractivity contribution in [1.29, 1.82) is 0 Å². The first-order chi connectivity index (χ1) is 13.2. The average Bonchev–Trinajstić information content (AvgIpc) is 3.02. The zero-order valence-corrected chi connectivity index (χ0v) is 16.8. The molecule has 28 heavy (non-hydrogen) atoms. The number of anilines is 3. The van der Waals surface area contributed by atoms with E-state index in [1.807, 2.05) is 0 Å². The molecule has 0 bridgehead atoms. The summed E-state index contributed by atoms with van der Waals surface area (Å²) >= 11 is 10.8. The van der Waals surface area contributed by atoms with Gasteiger partial charge in [-0.25, -0.2) is 12.8 Å². The SMILES string of the molecule is Cc1cc(NS(=O)(=O)c2ccc(NC(=S)Nc3ccc(Cl)c(F)c3)cc2)no1. The standard InChI is InChI=1S/C17H14ClFN4O3S2/c1-10-8-16(22-26-10)23-28(24,25)13-5-2-11(3-6-13)20-17(27)21-12-4-7-14(18)15(19)9-12/h2-9H,1H3,(H,22,23)(H2,20,21,27). The van der Waals surface area contributed by atoms with Crippen molar-refractivity contribution in [3.8, 4) is 0 Å². The number of aryl methyl sites for hydroxylation is 1. The van der Waals surface area contributed by atoms with Crippen LogP contribution in [-0.4, -0.2) is 18.7 Å². The molecule has 3 rings (SSSR count). The molecule has 2 aromatic carbocycles. The molecule has 3 N–H and O–H groups in total. The third kappa shape index (κ3) is 4.97. The quantitative estimate of drug-likeness (QED) is 0.506. The van der Waals surface area contributed by atoms with E-state index in [-0.39, 0.29) is 20.8 Å². The summed E-state index contributed by atoms with van der Waals surface area (Å²) in [4.78, 5) is 0.0392. The molecular weight excluding hydrogens is 427 g/mol. The number of sulfonamides is 1. The Hall–Kier alpha value is -2.69. The highest BCUT2D eigenvalue weighted by Gasteiger charge is 2.16. The number of benzene rings is 2. The van der Waals surface area contributed by atoms with Crippen LogP contribution in [0.3, 0.4) is 0 Å². The number of hydrogen-bond acceptors (Lipinski definition) is 5. The predicted molar refractivity (Wildman–Crippen MR) is 110 cm³/mol. The van der Waals surface area contributed by atoms with Crippen LogP contribution in [0.2, 0.25) is 5.02 Å². The first-order valence-electron chi connectivity index (χ1n) is 7.82. The lowest BCUT2D eigenvalue weighted by atomic mass is 10.3. The highest BCUT2D eigenvalue weighted by molar-refractivity contribution is 7.92. The molecule has 0 amide bonds. The fourth-order valence-corrected chi connectivity index (χ4v) is 3.53. The molecular formula is C17H14ClFN4O3S2. The van der Waals surface area contributed by atoms with E-state index in [1.165, 1.54) is 30.3 Å². The van der Waals surface area contributed by atoms with Crippen molar-refractivity contribution in [3.05, 3.63) is 65.1 Å². The van der Waals surface area contributed by atoms with E-state index >= 15 is 0 Å². The molecule has 0 unspecified atom stereocenters. The summed E-state index contributed by atoms with van der Waals surface area (Å²) in [7, 11) is -3.81. The molecule has 1 heterocycles. The summed E-state index contributed by atoms with van der Waals surface area (Å²) < 4.78 is 45.3. The molecule has 0 radical (unpaired) electrons. The third-order valence-electron chi connectivity index (χ3n) is 3.47. The van der Waals surface area contributed by atoms with Gasteiger partial charge in [-0.05, 0) is 61.6 Å². The van der Waals surface area contributed by atoms with Crippen molar-refractivity contribution in [2.24, 2.45) is 0 Å². The smallest absolute Gasteiger partial charge is 0.263 e. The molecule has 0 aliphatic rings. The third-order valence-corrected chi connectivity index (χ3v) is 5.35. The number of rotatable bonds is 5. The van der Waals surface area contributed by atoms with Gasteiger partial charge in [0.1, 0.15) is 11.6 Å². The molecule has 0 fully saturated rings. The number of aromatic nitrogens is 1. The van der Waals surface area contributed by atoms with Gasteiger partial charge < -0.3 is 15.2 Å². The molecule has 3 aromatic rings. The van der Waals surface area contributed by atoms with E-state index < -0.39 is 15.8 Å². The van der Waals surface area contributed by atoms with Crippen molar-refractivity contribution >= 4 is 56.1 Å². The van der Waals surface area contributed by atoms with Crippen LogP contribution >= 0.6 is 23.8 Å². The molecule has 146 valence electrons. The Morgan fingerprint density at radius 1 is 1.11 bits per heavy atom. The van der Waals surface area contributed by atoms with Gasteiger partial charge in [-0.3, -0.25) is 4.72 Å². The number of nitrogens with zero attached hydrogens (tertiary/aromatic N) is 1. The molecule has 0 spiro atoms. The molecule has 7 nitrogen and oxygen atoms in total. The number of hydrogen-bond donors (Lipinski definition) is 3. The highest BCUT2D eigenvalue weighted by atomic mass is 35.5. The number of halogens is 2. The van der Waals surface area contributed by atoms with Crippen LogP contribution in [0, 0.1) is 12.7 Å². The minimum absolute atomic E-state index is 0.00983. The van der Waals surface area contributed by atoms with Gasteiger partial charge in [-0.15, -0.1) is 0 Å². The Morgan fingerprint density at radius 2 is 1.75 bits per heavy atom. The summed E-state index contributed by atoms with van der Waals surface area (Å²) in [5.74, 6) is 0.0120. The predicted octanol–water partition coefficient (Wildman–Crippen LogP) is 4.39. The van der Waals surface area contributed by atoms with E-state index in [0.717, 1.165) is 0 Å². The summed E-state index contributed by atoms with van der Waals surface area (Å²) in [6, 6.07) is 11.6. The maximum absolute atomic E-state index is 13.5. The number of nitrogens with one attached hydrogen (secondary N) is 3. The molecule has 0 aliphatic carbocycles. The van der Waals surface area contributed by atoms with Gasteiger partial charge in [-0.2, -0.15) is 0 Å². The maximum Gasteiger partial charge on any atom is 0.263 e. The lowest BCUT2D eigenvalue weighted by Gasteiger charge is -2.11. The Morgan fingerprint density at radius 3 is 2.36 bits per heavy atom. The van der Waals surface area contributed by atoms with Crippen molar-refractivity contribution in [2.75, 3.05) is 15.4 Å². The van der Waals surface area contributed by atoms with Gasteiger partial charge in [0, 0.05) is 17.4 Å². The molecule has 11 heteroatoms. The zero-order chi connectivity index (χ0) is 20.3. The molecule has 0 saturated heterocycles. The second-order valence-corrected chi connectivity index (χ2v) is 8.16. The van der Waals surface area contributed by atoms with Gasteiger partial charge in [-0.1, -0.05) is 16.8 Å². The Kier molecular flexibility index (Phi) is 5.82. The average molecular weight is 441 g/mol. The lowest BCUT2D eigenvalue weighted by molar-refractivity contribution is 0.400. The maximum atomic E-state index is 13.5. The minimum atomic E-state index is -3.81. The van der Waals surface area contributed by atoms with Gasteiger partial charge in [0.2, 0.25) is 0 Å². The Bertz CT molecular complexity index is 1120. The minimum Gasteiger partial charge on any atom is -0.360 e. The number of thiocarbonyl (C=S) groups is 1. The van der Waals surface area contributed by atoms with Crippen LogP contribution in [0.4, 0.5) is 21.6 Å². The van der Waals surface area contributed by atoms with Crippen LogP contribution in [-0.2, 0) is 10.0 Å². The van der Waals surface area contributed by atoms with E-state index in [4.69, 9.17) is 28.3 Å². The van der Waals surface area contributed by atoms with Gasteiger partial charge in [0.05, 0.1) is 9.92 Å². The molecule has 0 saturated carbocycles. The normalized spacial score (nSPS) is 11.1. The fraction of sp³-hybridized carbons (Fsp3) is 0.0588. The van der Waals surface area contributed by atoms with E-state index in [1.54, 1.807) is 25.1 Å². The lowest BCUT2D eigenvalue weighted by Crippen LogP contribution is -2.19. The summed E-state index contributed by atoms with van der Waals surface area (Å²) in [6.45, 7) is 1.65. The van der Waals surface area contributed by atoms with Gasteiger partial charge in [0.25, 0.3) is 10.0 Å². The van der Waals surface area contributed by atoms with Crippen molar-refractivity contribution < 1.29 is 17.3 Å². The second kappa shape index (κ2) is 8.13. The largest absolute Gasteiger partial charge is 0.360 e. The summed E-state index contributed by atoms with van der Waals surface area (Å²) in [5.41, 5.74) is 0.967. The van der Waals surface area contributed by atoms with Crippen LogP contribution in [0.5, 0.6) is 0 Å². The Balaban J connectivity index is 1.64. The van der Waals surface area contributed by atoms with Gasteiger partial charge in [0.15, 0.2) is 10.9 Å². The van der Waals surface area contributed by atoms with Crippen molar-refractivity contribution in [2.45, 2.75) is 11.8 Å². The van der Waals surface area contributed by atoms with E-state index in [2.05, 4.69) is 20.5 Å². The van der Waals surface area contributed by atoms with Crippen LogP contribution < -0.4 is 15.4 Å². The summed E-state index contributed by atoms with van der Waals surface area (Å²) in [5, 5.41) is 9.50. The first kappa shape index (κ1) is 20.1. The van der Waals surface area contributed by atoms with Crippen LogP contribution in [0.25, 0.3) is 0 Å². The van der Waals surface area contributed by atoms with Crippen molar-refractivity contribution in [1.82, 2.24) is 5.16 Å². The monoisotopic (exact) mass is 440 g/mol. The zero-order valence-electron chi connectivity index (χ0n) is 14.4. The molecule has 0 aliphatic heterocycles. The van der Waals surface area contributed by atoms with Crippen LogP contribution in [0.15, 0.2) is 57.9 Å². The summed E-state index contributed by atoms with van der Waals surface area (Å²) in [6.07, 6.45) is 0. The van der Waals surface area contributed by atoms with Gasteiger partial charge >= 0.3 is 0 Å². The highest BCUT2D eigenvalue weighted by Crippen LogP contribution is 2.20. The fourth-order valence-electron chi connectivity index (χ4n) is 2.20. The first-order valence-corrected chi connectivity index (χ1v) is 10.1.